The minimum absolute atomic E-state index is 0.278. The molecule has 3 aromatic rings. The van der Waals surface area contributed by atoms with Crippen molar-refractivity contribution in [2.45, 2.75) is 26.6 Å². The first-order valence-corrected chi connectivity index (χ1v) is 7.96. The van der Waals surface area contributed by atoms with Crippen LogP contribution in [0.25, 0.3) is 17.1 Å². The average Bonchev–Trinajstić information content (AvgIpc) is 3.04. The number of hydrogen-bond acceptors (Lipinski definition) is 3. The van der Waals surface area contributed by atoms with Gasteiger partial charge in [-0.2, -0.15) is 0 Å². The van der Waals surface area contributed by atoms with Gasteiger partial charge in [0.25, 0.3) is 0 Å². The van der Waals surface area contributed by atoms with Gasteiger partial charge in [0.05, 0.1) is 5.69 Å². The van der Waals surface area contributed by atoms with Crippen molar-refractivity contribution in [3.63, 3.8) is 0 Å². The predicted octanol–water partition coefficient (Wildman–Crippen LogP) is 4.99. The largest absolute Gasteiger partial charge is 0.573 e. The first-order valence-electron chi connectivity index (χ1n) is 7.96. The Kier molecular flexibility index (Phi) is 4.97. The second-order valence-corrected chi connectivity index (χ2v) is 6.14. The molecule has 1 radical (unpaired) electrons. The second-order valence-electron chi connectivity index (χ2n) is 6.14. The van der Waals surface area contributed by atoms with Gasteiger partial charge in [0, 0.05) is 5.56 Å². The summed E-state index contributed by atoms with van der Waals surface area (Å²) in [4.78, 5) is 4.27. The van der Waals surface area contributed by atoms with Crippen molar-refractivity contribution < 1.29 is 17.9 Å². The first-order chi connectivity index (χ1) is 12.3. The highest BCUT2D eigenvalue weighted by molar-refractivity contribution is 5.55. The minimum Gasteiger partial charge on any atom is -0.406 e. The Labute approximate surface area is 149 Å². The fourth-order valence-corrected chi connectivity index (χ4v) is 2.50. The molecule has 0 saturated carbocycles. The molecule has 2 aromatic carbocycles. The molecule has 4 nitrogen and oxygen atoms in total. The van der Waals surface area contributed by atoms with Gasteiger partial charge in [-0.3, -0.25) is 0 Å². The lowest BCUT2D eigenvalue weighted by atomic mass is 10.0. The molecule has 26 heavy (non-hydrogen) atoms. The molecule has 1 heterocycles. The van der Waals surface area contributed by atoms with Crippen molar-refractivity contribution in [1.82, 2.24) is 14.8 Å². The molecule has 0 saturated heterocycles. The molecule has 0 amide bonds. The Balaban J connectivity index is 1.75. The van der Waals surface area contributed by atoms with Crippen LogP contribution in [0.3, 0.4) is 0 Å². The monoisotopic (exact) mass is 360 g/mol. The first kappa shape index (κ1) is 18.0. The fraction of sp³-hybridized carbons (Fsp3) is 0.211. The van der Waals surface area contributed by atoms with Gasteiger partial charge in [-0.05, 0) is 42.2 Å². The Morgan fingerprint density at radius 1 is 1.00 bits per heavy atom. The lowest BCUT2D eigenvalue weighted by Gasteiger charge is -2.09. The Morgan fingerprint density at radius 3 is 2.23 bits per heavy atom. The highest BCUT2D eigenvalue weighted by atomic mass is 19.4. The summed E-state index contributed by atoms with van der Waals surface area (Å²) in [5.41, 5.74) is 2.68. The van der Waals surface area contributed by atoms with Crippen LogP contribution in [0.4, 0.5) is 13.2 Å². The van der Waals surface area contributed by atoms with Gasteiger partial charge in [0.2, 0.25) is 0 Å². The smallest absolute Gasteiger partial charge is 0.406 e. The Morgan fingerprint density at radius 2 is 1.65 bits per heavy atom. The van der Waals surface area contributed by atoms with E-state index < -0.39 is 6.36 Å². The van der Waals surface area contributed by atoms with Gasteiger partial charge >= 0.3 is 6.36 Å². The Hall–Kier alpha value is -2.83. The zero-order valence-electron chi connectivity index (χ0n) is 14.3. The maximum absolute atomic E-state index is 12.2. The molecule has 1 aromatic heterocycles. The average molecular weight is 360 g/mol. The van der Waals surface area contributed by atoms with Gasteiger partial charge in [-0.15, -0.1) is 18.3 Å². The molecule has 3 rings (SSSR count). The normalized spacial score (nSPS) is 11.8. The number of benzene rings is 2. The van der Waals surface area contributed by atoms with Crippen LogP contribution in [-0.2, 0) is 6.42 Å². The van der Waals surface area contributed by atoms with Crippen LogP contribution >= 0.6 is 0 Å². The predicted molar refractivity (Wildman–Crippen MR) is 91.8 cm³/mol. The number of halogens is 3. The standard InChI is InChI=1S/C19H17F3N3O/c1-13(2)11-14-3-5-15(6-4-14)18-23-12-25(24-18)16-7-9-17(10-8-16)26-19(20,21)22/h3-10,12H,11H2,1-2H3. The van der Waals surface area contributed by atoms with E-state index >= 15 is 0 Å². The third-order valence-electron chi connectivity index (χ3n) is 3.60. The number of hydrogen-bond donors (Lipinski definition) is 0. The minimum atomic E-state index is -4.71. The highest BCUT2D eigenvalue weighted by Crippen LogP contribution is 2.24. The number of nitrogens with zero attached hydrogens (tertiary/aromatic N) is 3. The molecule has 135 valence electrons. The summed E-state index contributed by atoms with van der Waals surface area (Å²) in [6, 6.07) is 13.4. The summed E-state index contributed by atoms with van der Waals surface area (Å²) in [7, 11) is 0. The van der Waals surface area contributed by atoms with E-state index in [-0.39, 0.29) is 5.75 Å². The molecular weight excluding hydrogens is 343 g/mol. The summed E-state index contributed by atoms with van der Waals surface area (Å²) < 4.78 is 42.0. The van der Waals surface area contributed by atoms with E-state index in [1.165, 1.54) is 46.8 Å². The van der Waals surface area contributed by atoms with Gasteiger partial charge in [-0.25, -0.2) is 9.67 Å². The molecule has 0 spiro atoms. The quantitative estimate of drug-likeness (QED) is 0.644. The van der Waals surface area contributed by atoms with Crippen LogP contribution < -0.4 is 4.74 Å². The van der Waals surface area contributed by atoms with Crippen molar-refractivity contribution in [2.75, 3.05) is 0 Å². The maximum Gasteiger partial charge on any atom is 0.573 e. The SMILES string of the molecule is C[C](C)Cc1ccc(-c2ncn(-c3ccc(OC(F)(F)F)cc3)n2)cc1. The van der Waals surface area contributed by atoms with Crippen LogP contribution in [0.15, 0.2) is 54.9 Å². The molecule has 0 atom stereocenters. The number of rotatable bonds is 5. The number of ether oxygens (including phenoxy) is 1. The van der Waals surface area contributed by atoms with Gasteiger partial charge in [0.15, 0.2) is 5.82 Å². The van der Waals surface area contributed by atoms with Gasteiger partial charge in [0.1, 0.15) is 12.1 Å². The van der Waals surface area contributed by atoms with Crippen molar-refractivity contribution in [3.05, 3.63) is 66.3 Å². The molecule has 0 aliphatic heterocycles. The van der Waals surface area contributed by atoms with Crippen LogP contribution in [0.5, 0.6) is 5.75 Å². The lowest BCUT2D eigenvalue weighted by Crippen LogP contribution is -2.17. The van der Waals surface area contributed by atoms with Crippen molar-refractivity contribution in [3.8, 4) is 22.8 Å². The maximum atomic E-state index is 12.2. The van der Waals surface area contributed by atoms with Crippen molar-refractivity contribution >= 4 is 0 Å². The summed E-state index contributed by atoms with van der Waals surface area (Å²) in [5.74, 6) is 1.60. The molecule has 7 heteroatoms. The summed E-state index contributed by atoms with van der Waals surface area (Å²) in [5, 5.41) is 4.38. The van der Waals surface area contributed by atoms with Crippen LogP contribution in [0.2, 0.25) is 0 Å². The van der Waals surface area contributed by atoms with E-state index in [0.29, 0.717) is 11.5 Å². The zero-order valence-corrected chi connectivity index (χ0v) is 14.3. The molecule has 0 aliphatic carbocycles. The van der Waals surface area contributed by atoms with E-state index in [1.807, 2.05) is 24.3 Å². The molecule has 0 unspecified atom stereocenters. The molecule has 0 N–H and O–H groups in total. The molecule has 0 bridgehead atoms. The van der Waals surface area contributed by atoms with Crippen LogP contribution in [0.1, 0.15) is 19.4 Å². The van der Waals surface area contributed by atoms with E-state index in [9.17, 15) is 13.2 Å². The van der Waals surface area contributed by atoms with Gasteiger partial charge < -0.3 is 4.74 Å². The second kappa shape index (κ2) is 7.19. The summed E-state index contributed by atoms with van der Waals surface area (Å²) in [6.45, 7) is 4.17. The van der Waals surface area contributed by atoms with Crippen LogP contribution in [-0.4, -0.2) is 21.1 Å². The van der Waals surface area contributed by atoms with E-state index in [4.69, 9.17) is 0 Å². The van der Waals surface area contributed by atoms with Gasteiger partial charge in [-0.1, -0.05) is 38.1 Å². The topological polar surface area (TPSA) is 39.9 Å². The van der Waals surface area contributed by atoms with E-state index in [1.54, 1.807) is 0 Å². The molecule has 0 aliphatic rings. The Bertz CT molecular complexity index is 853. The third kappa shape index (κ3) is 4.62. The van der Waals surface area contributed by atoms with Crippen molar-refractivity contribution in [1.29, 1.82) is 0 Å². The number of alkyl halides is 3. The van der Waals surface area contributed by atoms with E-state index in [0.717, 1.165) is 12.0 Å². The fourth-order valence-electron chi connectivity index (χ4n) is 2.50. The van der Waals surface area contributed by atoms with Crippen molar-refractivity contribution in [2.24, 2.45) is 0 Å². The van der Waals surface area contributed by atoms with E-state index in [2.05, 4.69) is 28.7 Å². The summed E-state index contributed by atoms with van der Waals surface area (Å²) >= 11 is 0. The zero-order chi connectivity index (χ0) is 18.7. The third-order valence-corrected chi connectivity index (χ3v) is 3.60. The highest BCUT2D eigenvalue weighted by Gasteiger charge is 2.30. The lowest BCUT2D eigenvalue weighted by molar-refractivity contribution is -0.274. The van der Waals surface area contributed by atoms with Crippen LogP contribution in [0, 0.1) is 5.92 Å². The summed E-state index contributed by atoms with van der Waals surface area (Å²) in [6.07, 6.45) is -2.26. The number of aromatic nitrogens is 3. The molecular formula is C19H17F3N3O. The molecule has 0 fully saturated rings.